The van der Waals surface area contributed by atoms with Gasteiger partial charge in [-0.1, -0.05) is 29.8 Å². The normalized spacial score (nSPS) is 17.2. The van der Waals surface area contributed by atoms with Crippen molar-refractivity contribution in [3.63, 3.8) is 0 Å². The fraction of sp³-hybridized carbons (Fsp3) is 0.323. The second-order valence-corrected chi connectivity index (χ2v) is 11.5. The number of H-pyrrole nitrogens is 1. The Kier molecular flexibility index (Phi) is 8.17. The molecule has 1 atom stereocenters. The third-order valence-corrected chi connectivity index (χ3v) is 8.21. The number of hydrogen-bond donors (Lipinski definition) is 1. The third kappa shape index (κ3) is 6.46. The number of imidazole rings is 1. The lowest BCUT2D eigenvalue weighted by Crippen LogP contribution is -2.33. The van der Waals surface area contributed by atoms with Crippen LogP contribution < -0.4 is 4.74 Å². The maximum Gasteiger partial charge on any atom is 0.451 e. The van der Waals surface area contributed by atoms with Crippen molar-refractivity contribution in [1.82, 2.24) is 39.6 Å². The number of fused-ring (bicyclic) bond motifs is 1. The molecule has 1 fully saturated rings. The van der Waals surface area contributed by atoms with E-state index in [4.69, 9.17) is 26.1 Å². The zero-order valence-electron chi connectivity index (χ0n) is 24.3. The number of nitrogens with one attached hydrogen (secondary N) is 1. The van der Waals surface area contributed by atoms with E-state index in [9.17, 15) is 17.6 Å². The molecule has 238 valence electrons. The van der Waals surface area contributed by atoms with Gasteiger partial charge in [0.2, 0.25) is 11.7 Å². The van der Waals surface area contributed by atoms with Crippen LogP contribution in [0.1, 0.15) is 35.7 Å². The Morgan fingerprint density at radius 2 is 1.98 bits per heavy atom. The van der Waals surface area contributed by atoms with Crippen molar-refractivity contribution in [1.29, 1.82) is 0 Å². The van der Waals surface area contributed by atoms with Crippen molar-refractivity contribution < 1.29 is 27.0 Å². The lowest BCUT2D eigenvalue weighted by Gasteiger charge is -2.29. The molecule has 0 bridgehead atoms. The van der Waals surface area contributed by atoms with Crippen molar-refractivity contribution in [3.8, 4) is 17.3 Å². The molecule has 0 aliphatic carbocycles. The standard InChI is InChI=1S/C31H27ClF4N8O2/c32-21-5-4-19(23(33)13-21)17-46-27-3-1-2-24(39-27)18-6-9-43(10-7-18)16-26-38-25-12-20(28-40-30(42-41-28)31(34,35)36)14-37-29(25)44(26)15-22-8-11-45-22/h1-6,12-14,22H,7-11,15-17H2,(H,40,41,42). The number of hydrogen-bond acceptors (Lipinski definition) is 8. The number of pyridine rings is 2. The van der Waals surface area contributed by atoms with E-state index in [1.165, 1.54) is 12.3 Å². The van der Waals surface area contributed by atoms with Crippen molar-refractivity contribution in [3.05, 3.63) is 88.5 Å². The summed E-state index contributed by atoms with van der Waals surface area (Å²) >= 11 is 5.84. The van der Waals surface area contributed by atoms with Crippen molar-refractivity contribution >= 4 is 28.3 Å². The van der Waals surface area contributed by atoms with Crippen LogP contribution in [0.3, 0.4) is 0 Å². The molecule has 1 aromatic carbocycles. The van der Waals surface area contributed by atoms with Crippen LogP contribution in [0.25, 0.3) is 28.1 Å². The molecule has 15 heteroatoms. The smallest absolute Gasteiger partial charge is 0.451 e. The molecule has 0 radical (unpaired) electrons. The molecule has 1 unspecified atom stereocenters. The predicted octanol–water partition coefficient (Wildman–Crippen LogP) is 6.08. The van der Waals surface area contributed by atoms with Crippen LogP contribution in [-0.4, -0.2) is 65.4 Å². The summed E-state index contributed by atoms with van der Waals surface area (Å²) in [5, 5.41) is 7.20. The Morgan fingerprint density at radius 3 is 2.70 bits per heavy atom. The van der Waals surface area contributed by atoms with Gasteiger partial charge in [-0.15, -0.1) is 10.2 Å². The molecule has 1 saturated heterocycles. The number of nitrogens with zero attached hydrogens (tertiary/aromatic N) is 7. The Balaban J connectivity index is 1.06. The van der Waals surface area contributed by atoms with Gasteiger partial charge in [0.25, 0.3) is 0 Å². The van der Waals surface area contributed by atoms with E-state index < -0.39 is 17.8 Å². The van der Waals surface area contributed by atoms with Gasteiger partial charge in [0.1, 0.15) is 23.8 Å². The first kappa shape index (κ1) is 30.3. The Hall–Kier alpha value is -4.40. The number of alkyl halides is 3. The van der Waals surface area contributed by atoms with Crippen LogP contribution in [0.4, 0.5) is 17.6 Å². The quantitative estimate of drug-likeness (QED) is 0.191. The minimum atomic E-state index is -4.63. The first-order valence-corrected chi connectivity index (χ1v) is 15.0. The van der Waals surface area contributed by atoms with E-state index in [-0.39, 0.29) is 18.5 Å². The summed E-state index contributed by atoms with van der Waals surface area (Å²) in [6.07, 6.45) is 0.674. The maximum atomic E-state index is 14.2. The van der Waals surface area contributed by atoms with E-state index in [0.717, 1.165) is 36.5 Å². The van der Waals surface area contributed by atoms with Gasteiger partial charge < -0.3 is 19.0 Å². The highest BCUT2D eigenvalue weighted by Crippen LogP contribution is 2.30. The number of benzene rings is 1. The Morgan fingerprint density at radius 1 is 1.11 bits per heavy atom. The highest BCUT2D eigenvalue weighted by atomic mass is 35.5. The zero-order valence-corrected chi connectivity index (χ0v) is 25.0. The van der Waals surface area contributed by atoms with Gasteiger partial charge in [-0.3, -0.25) is 4.90 Å². The van der Waals surface area contributed by atoms with E-state index in [1.54, 1.807) is 24.3 Å². The van der Waals surface area contributed by atoms with Crippen LogP contribution in [0, 0.1) is 5.82 Å². The lowest BCUT2D eigenvalue weighted by molar-refractivity contribution is -0.144. The van der Waals surface area contributed by atoms with Gasteiger partial charge in [0.15, 0.2) is 11.5 Å². The van der Waals surface area contributed by atoms with Gasteiger partial charge in [0.05, 0.1) is 24.9 Å². The van der Waals surface area contributed by atoms with Gasteiger partial charge in [-0.2, -0.15) is 13.2 Å². The fourth-order valence-electron chi connectivity index (χ4n) is 5.40. The number of halogens is 5. The molecule has 2 aliphatic heterocycles. The highest BCUT2D eigenvalue weighted by Gasteiger charge is 2.35. The predicted molar refractivity (Wildman–Crippen MR) is 160 cm³/mol. The SMILES string of the molecule is Fc1cc(Cl)ccc1COc1cccc(C2=CCN(Cc3nc4cc(-c5nnc(C(F)(F)F)[nH]5)cnc4n3CC3CCO3)CC2)n1. The van der Waals surface area contributed by atoms with Crippen LogP contribution >= 0.6 is 11.6 Å². The molecular formula is C31H27ClF4N8O2. The highest BCUT2D eigenvalue weighted by molar-refractivity contribution is 6.30. The van der Waals surface area contributed by atoms with Gasteiger partial charge in [0, 0.05) is 48.1 Å². The van der Waals surface area contributed by atoms with Gasteiger partial charge >= 0.3 is 6.18 Å². The molecular weight excluding hydrogens is 628 g/mol. The van der Waals surface area contributed by atoms with E-state index >= 15 is 0 Å². The summed E-state index contributed by atoms with van der Waals surface area (Å²) in [7, 11) is 0. The van der Waals surface area contributed by atoms with Crippen LogP contribution in [0.5, 0.6) is 5.88 Å². The molecule has 2 aliphatic rings. The third-order valence-electron chi connectivity index (χ3n) is 7.97. The van der Waals surface area contributed by atoms with Gasteiger partial charge in [-0.05, 0) is 42.7 Å². The minimum Gasteiger partial charge on any atom is -0.473 e. The second kappa shape index (κ2) is 12.4. The molecule has 1 N–H and O–H groups in total. The van der Waals surface area contributed by atoms with Crippen molar-refractivity contribution in [2.24, 2.45) is 0 Å². The molecule has 10 nitrogen and oxygen atoms in total. The summed E-state index contributed by atoms with van der Waals surface area (Å²) in [5.41, 5.74) is 3.78. The average Bonchev–Trinajstić information content (AvgIpc) is 3.64. The largest absolute Gasteiger partial charge is 0.473 e. The number of rotatable bonds is 9. The molecule has 7 rings (SSSR count). The summed E-state index contributed by atoms with van der Waals surface area (Å²) in [6, 6.07) is 11.6. The molecule has 0 amide bonds. The monoisotopic (exact) mass is 654 g/mol. The Bertz CT molecular complexity index is 1920. The Labute approximate surface area is 265 Å². The molecule has 0 spiro atoms. The van der Waals surface area contributed by atoms with Crippen LogP contribution in [0.15, 0.2) is 54.7 Å². The molecule has 5 aromatic rings. The maximum absolute atomic E-state index is 14.2. The minimum absolute atomic E-state index is 0.0303. The van der Waals surface area contributed by atoms with E-state index in [0.29, 0.717) is 59.4 Å². The zero-order chi connectivity index (χ0) is 31.8. The molecule has 0 saturated carbocycles. The van der Waals surface area contributed by atoms with Crippen LogP contribution in [0.2, 0.25) is 5.02 Å². The number of ether oxygens (including phenoxy) is 2. The second-order valence-electron chi connectivity index (χ2n) is 11.1. The van der Waals surface area contributed by atoms with Crippen molar-refractivity contribution in [2.45, 2.75) is 44.8 Å². The first-order valence-electron chi connectivity index (χ1n) is 14.6. The fourth-order valence-corrected chi connectivity index (χ4v) is 5.56. The van der Waals surface area contributed by atoms with Gasteiger partial charge in [-0.25, -0.2) is 19.3 Å². The summed E-state index contributed by atoms with van der Waals surface area (Å²) in [5.74, 6) is -0.458. The first-order chi connectivity index (χ1) is 22.2. The van der Waals surface area contributed by atoms with Crippen LogP contribution in [-0.2, 0) is 30.6 Å². The number of aromatic nitrogens is 7. The van der Waals surface area contributed by atoms with E-state index in [1.807, 2.05) is 16.7 Å². The molecule has 4 aromatic heterocycles. The molecule has 46 heavy (non-hydrogen) atoms. The average molecular weight is 655 g/mol. The van der Waals surface area contributed by atoms with Crippen molar-refractivity contribution in [2.75, 3.05) is 19.7 Å². The van der Waals surface area contributed by atoms with E-state index in [2.05, 4.69) is 36.1 Å². The topological polar surface area (TPSA) is 107 Å². The summed E-state index contributed by atoms with van der Waals surface area (Å²) in [6.45, 7) is 3.24. The summed E-state index contributed by atoms with van der Waals surface area (Å²) in [4.78, 5) is 18.5. The lowest BCUT2D eigenvalue weighted by atomic mass is 10.0. The summed E-state index contributed by atoms with van der Waals surface area (Å²) < 4.78 is 66.8. The molecule has 6 heterocycles. The number of aromatic amines is 1.